The Hall–Kier alpha value is -2.08. The van der Waals surface area contributed by atoms with Crippen molar-refractivity contribution in [2.75, 3.05) is 20.3 Å². The first-order valence-corrected chi connectivity index (χ1v) is 6.83. The number of para-hydroxylation sites is 1. The fraction of sp³-hybridized carbons (Fsp3) is 0.467. The van der Waals surface area contributed by atoms with E-state index in [0.29, 0.717) is 31.9 Å². The van der Waals surface area contributed by atoms with Crippen molar-refractivity contribution in [1.82, 2.24) is 5.32 Å². The zero-order chi connectivity index (χ0) is 15.2. The van der Waals surface area contributed by atoms with Gasteiger partial charge in [-0.05, 0) is 12.5 Å². The number of hydrogen-bond acceptors (Lipinski definition) is 4. The Kier molecular flexibility index (Phi) is 5.16. The monoisotopic (exact) mass is 293 g/mol. The van der Waals surface area contributed by atoms with E-state index < -0.39 is 17.8 Å². The summed E-state index contributed by atoms with van der Waals surface area (Å²) in [5, 5.41) is 11.6. The van der Waals surface area contributed by atoms with Gasteiger partial charge in [-0.15, -0.1) is 0 Å². The van der Waals surface area contributed by atoms with Crippen molar-refractivity contribution in [2.45, 2.75) is 13.0 Å². The second-order valence-corrected chi connectivity index (χ2v) is 4.95. The molecule has 1 saturated carbocycles. The van der Waals surface area contributed by atoms with Crippen LogP contribution in [0.3, 0.4) is 0 Å². The molecule has 0 saturated heterocycles. The maximum Gasteiger partial charge on any atom is 0.307 e. The third-order valence-corrected chi connectivity index (χ3v) is 3.42. The molecular formula is C15H19NO5. The van der Waals surface area contributed by atoms with E-state index in [1.54, 1.807) is 7.11 Å². The lowest BCUT2D eigenvalue weighted by Crippen LogP contribution is -2.26. The molecule has 2 rings (SSSR count). The highest BCUT2D eigenvalue weighted by Crippen LogP contribution is 2.38. The maximum atomic E-state index is 11.8. The molecule has 1 amide bonds. The minimum Gasteiger partial charge on any atom is -0.491 e. The van der Waals surface area contributed by atoms with Crippen LogP contribution < -0.4 is 10.1 Å². The van der Waals surface area contributed by atoms with Crippen LogP contribution in [0.1, 0.15) is 12.0 Å². The molecule has 6 nitrogen and oxygen atoms in total. The molecule has 0 spiro atoms. The lowest BCUT2D eigenvalue weighted by Gasteiger charge is -2.12. The molecule has 0 radical (unpaired) electrons. The smallest absolute Gasteiger partial charge is 0.307 e. The van der Waals surface area contributed by atoms with E-state index in [9.17, 15) is 9.59 Å². The summed E-state index contributed by atoms with van der Waals surface area (Å²) in [7, 11) is 1.60. The van der Waals surface area contributed by atoms with E-state index in [1.165, 1.54) is 0 Å². The molecule has 0 bridgehead atoms. The van der Waals surface area contributed by atoms with Crippen molar-refractivity contribution in [1.29, 1.82) is 0 Å². The van der Waals surface area contributed by atoms with Crippen molar-refractivity contribution in [3.63, 3.8) is 0 Å². The van der Waals surface area contributed by atoms with Crippen LogP contribution >= 0.6 is 0 Å². The first kappa shape index (κ1) is 15.3. The van der Waals surface area contributed by atoms with Crippen molar-refractivity contribution in [3.05, 3.63) is 29.8 Å². The number of methoxy groups -OCH3 is 1. The molecule has 1 aromatic carbocycles. The Morgan fingerprint density at radius 3 is 2.71 bits per heavy atom. The SMILES string of the molecule is COCCOc1ccccc1CNC(=O)C1CC1C(=O)O. The molecule has 2 atom stereocenters. The molecule has 6 heteroatoms. The molecule has 1 aliphatic rings. The summed E-state index contributed by atoms with van der Waals surface area (Å²) >= 11 is 0. The highest BCUT2D eigenvalue weighted by atomic mass is 16.5. The van der Waals surface area contributed by atoms with E-state index in [2.05, 4.69) is 5.32 Å². The molecule has 1 aromatic rings. The lowest BCUT2D eigenvalue weighted by atomic mass is 10.2. The number of ether oxygens (including phenoxy) is 2. The predicted octanol–water partition coefficient (Wildman–Crippen LogP) is 1.05. The Balaban J connectivity index is 1.85. The van der Waals surface area contributed by atoms with Crippen LogP contribution in [-0.2, 0) is 20.9 Å². The average Bonchev–Trinajstić information content (AvgIpc) is 3.27. The Labute approximate surface area is 123 Å². The number of amides is 1. The van der Waals surface area contributed by atoms with Gasteiger partial charge >= 0.3 is 5.97 Å². The highest BCUT2D eigenvalue weighted by Gasteiger charge is 2.48. The van der Waals surface area contributed by atoms with Gasteiger partial charge in [-0.2, -0.15) is 0 Å². The summed E-state index contributed by atoms with van der Waals surface area (Å²) in [6, 6.07) is 7.41. The summed E-state index contributed by atoms with van der Waals surface area (Å²) in [5.41, 5.74) is 0.856. The van der Waals surface area contributed by atoms with Gasteiger partial charge in [-0.25, -0.2) is 0 Å². The molecule has 2 unspecified atom stereocenters. The van der Waals surface area contributed by atoms with Crippen molar-refractivity contribution >= 4 is 11.9 Å². The van der Waals surface area contributed by atoms with E-state index in [1.807, 2.05) is 24.3 Å². The van der Waals surface area contributed by atoms with Gasteiger partial charge in [0, 0.05) is 19.2 Å². The molecule has 0 aromatic heterocycles. The lowest BCUT2D eigenvalue weighted by molar-refractivity contribution is -0.140. The fourth-order valence-corrected chi connectivity index (χ4v) is 2.10. The number of carbonyl (C=O) groups is 2. The molecule has 2 N–H and O–H groups in total. The van der Waals surface area contributed by atoms with Crippen LogP contribution in [0.15, 0.2) is 24.3 Å². The third-order valence-electron chi connectivity index (χ3n) is 3.42. The van der Waals surface area contributed by atoms with Crippen LogP contribution in [0.25, 0.3) is 0 Å². The third kappa shape index (κ3) is 4.19. The van der Waals surface area contributed by atoms with E-state index in [4.69, 9.17) is 14.6 Å². The minimum absolute atomic E-state index is 0.214. The molecular weight excluding hydrogens is 274 g/mol. The zero-order valence-electron chi connectivity index (χ0n) is 11.9. The second kappa shape index (κ2) is 7.08. The van der Waals surface area contributed by atoms with Crippen molar-refractivity contribution < 1.29 is 24.2 Å². The number of hydrogen-bond donors (Lipinski definition) is 2. The van der Waals surface area contributed by atoms with Gasteiger partial charge in [0.1, 0.15) is 12.4 Å². The number of nitrogens with one attached hydrogen (secondary N) is 1. The van der Waals surface area contributed by atoms with Gasteiger partial charge in [-0.1, -0.05) is 18.2 Å². The largest absolute Gasteiger partial charge is 0.491 e. The average molecular weight is 293 g/mol. The van der Waals surface area contributed by atoms with Gasteiger partial charge in [0.05, 0.1) is 18.4 Å². The normalized spacial score (nSPS) is 19.9. The van der Waals surface area contributed by atoms with Crippen LogP contribution in [0.5, 0.6) is 5.75 Å². The van der Waals surface area contributed by atoms with Gasteiger partial charge in [-0.3, -0.25) is 9.59 Å². The summed E-state index contributed by atoms with van der Waals surface area (Å²) in [6.07, 6.45) is 0.424. The van der Waals surface area contributed by atoms with Crippen molar-refractivity contribution in [2.24, 2.45) is 11.8 Å². The Morgan fingerprint density at radius 1 is 1.29 bits per heavy atom. The molecule has 0 heterocycles. The van der Waals surface area contributed by atoms with E-state index in [-0.39, 0.29) is 5.91 Å². The number of carboxylic acids is 1. The molecule has 1 fully saturated rings. The van der Waals surface area contributed by atoms with E-state index in [0.717, 1.165) is 5.56 Å². The Morgan fingerprint density at radius 2 is 2.05 bits per heavy atom. The van der Waals surface area contributed by atoms with Gasteiger partial charge in [0.2, 0.25) is 5.91 Å². The number of carbonyl (C=O) groups excluding carboxylic acids is 1. The minimum atomic E-state index is -0.904. The summed E-state index contributed by atoms with van der Waals surface area (Å²) in [4.78, 5) is 22.6. The summed E-state index contributed by atoms with van der Waals surface area (Å²) in [5.74, 6) is -1.35. The van der Waals surface area contributed by atoms with Gasteiger partial charge in [0.15, 0.2) is 0 Å². The molecule has 0 aliphatic heterocycles. The number of rotatable bonds is 8. The zero-order valence-corrected chi connectivity index (χ0v) is 11.9. The van der Waals surface area contributed by atoms with Gasteiger partial charge < -0.3 is 19.9 Å². The standard InChI is InChI=1S/C15H19NO5/c1-20-6-7-21-13-5-3-2-4-10(13)9-16-14(17)11-8-12(11)15(18)19/h2-5,11-12H,6-9H2,1H3,(H,16,17)(H,18,19). The first-order valence-electron chi connectivity index (χ1n) is 6.83. The predicted molar refractivity (Wildman–Crippen MR) is 74.9 cm³/mol. The van der Waals surface area contributed by atoms with Crippen LogP contribution in [0.2, 0.25) is 0 Å². The number of carboxylic acid groups (broad SMARTS) is 1. The topological polar surface area (TPSA) is 84.9 Å². The first-order chi connectivity index (χ1) is 10.1. The van der Waals surface area contributed by atoms with E-state index >= 15 is 0 Å². The van der Waals surface area contributed by atoms with Crippen molar-refractivity contribution in [3.8, 4) is 5.75 Å². The maximum absolute atomic E-state index is 11.8. The highest BCUT2D eigenvalue weighted by molar-refractivity contribution is 5.89. The van der Waals surface area contributed by atoms with Crippen LogP contribution in [0.4, 0.5) is 0 Å². The number of benzene rings is 1. The van der Waals surface area contributed by atoms with Crippen LogP contribution in [-0.4, -0.2) is 37.3 Å². The quantitative estimate of drug-likeness (QED) is 0.700. The summed E-state index contributed by atoms with van der Waals surface area (Å²) < 4.78 is 10.5. The number of aliphatic carboxylic acids is 1. The second-order valence-electron chi connectivity index (χ2n) is 4.95. The molecule has 21 heavy (non-hydrogen) atoms. The molecule has 114 valence electrons. The van der Waals surface area contributed by atoms with Gasteiger partial charge in [0.25, 0.3) is 0 Å². The fourth-order valence-electron chi connectivity index (χ4n) is 2.10. The summed E-state index contributed by atoms with van der Waals surface area (Å²) in [6.45, 7) is 1.25. The molecule has 1 aliphatic carbocycles. The van der Waals surface area contributed by atoms with Crippen LogP contribution in [0, 0.1) is 11.8 Å². The Bertz CT molecular complexity index is 517.